The Balaban J connectivity index is 1.19. The molecule has 42 heavy (non-hydrogen) atoms. The summed E-state index contributed by atoms with van der Waals surface area (Å²) in [7, 11) is 0. The van der Waals surface area contributed by atoms with E-state index in [0.29, 0.717) is 16.4 Å². The Bertz CT molecular complexity index is 1870. The molecule has 2 amide bonds. The molecule has 5 aromatic carbocycles. The minimum atomic E-state index is -0.524. The summed E-state index contributed by atoms with van der Waals surface area (Å²) < 4.78 is 0. The first-order valence-electron chi connectivity index (χ1n) is 13.5. The summed E-state index contributed by atoms with van der Waals surface area (Å²) in [5.41, 5.74) is 5.14. The summed E-state index contributed by atoms with van der Waals surface area (Å²) in [6, 6.07) is 39.0. The lowest BCUT2D eigenvalue weighted by atomic mass is 10.1. The van der Waals surface area contributed by atoms with Gasteiger partial charge in [-0.05, 0) is 53.6 Å². The molecule has 6 rings (SSSR count). The average Bonchev–Trinajstić information content (AvgIpc) is 3.49. The summed E-state index contributed by atoms with van der Waals surface area (Å²) in [5.74, 6) is -0.352. The molecule has 0 aliphatic rings. The lowest BCUT2D eigenvalue weighted by molar-refractivity contribution is -0.115. The molecule has 0 fully saturated rings. The summed E-state index contributed by atoms with van der Waals surface area (Å²) in [6.07, 6.45) is 0. The quantitative estimate of drug-likeness (QED) is 0.175. The molecule has 0 saturated heterocycles. The third kappa shape index (κ3) is 6.43. The molecule has 0 spiro atoms. The van der Waals surface area contributed by atoms with E-state index in [9.17, 15) is 9.59 Å². The molecule has 1 unspecified atom stereocenters. The van der Waals surface area contributed by atoms with Gasteiger partial charge >= 0.3 is 0 Å². The van der Waals surface area contributed by atoms with Gasteiger partial charge in [0.15, 0.2) is 5.13 Å². The van der Waals surface area contributed by atoms with Gasteiger partial charge in [-0.1, -0.05) is 96.6 Å². The van der Waals surface area contributed by atoms with E-state index in [2.05, 4.69) is 15.6 Å². The highest BCUT2D eigenvalue weighted by Crippen LogP contribution is 2.38. The van der Waals surface area contributed by atoms with Crippen LogP contribution >= 0.6 is 23.1 Å². The number of thioether (sulfide) groups is 1. The van der Waals surface area contributed by atoms with Crippen LogP contribution in [0.25, 0.3) is 22.0 Å². The zero-order valence-corrected chi connectivity index (χ0v) is 24.4. The Labute approximate surface area is 252 Å². The topological polar surface area (TPSA) is 71.1 Å². The minimum absolute atomic E-state index is 0.165. The molecule has 1 aromatic heterocycles. The maximum Gasteiger partial charge on any atom is 0.255 e. The molecule has 5 nitrogen and oxygen atoms in total. The van der Waals surface area contributed by atoms with E-state index in [-0.39, 0.29) is 11.8 Å². The van der Waals surface area contributed by atoms with Crippen LogP contribution in [0.3, 0.4) is 0 Å². The molecule has 7 heteroatoms. The minimum Gasteiger partial charge on any atom is -0.322 e. The van der Waals surface area contributed by atoms with E-state index < -0.39 is 5.25 Å². The van der Waals surface area contributed by atoms with Crippen molar-refractivity contribution in [3.05, 3.63) is 143 Å². The van der Waals surface area contributed by atoms with Crippen molar-refractivity contribution >= 4 is 56.5 Å². The molecule has 0 aliphatic heterocycles. The maximum absolute atomic E-state index is 13.6. The van der Waals surface area contributed by atoms with E-state index in [4.69, 9.17) is 0 Å². The molecular formula is C35H27N3O2S2. The van der Waals surface area contributed by atoms with Crippen LogP contribution in [-0.2, 0) is 4.79 Å². The molecule has 0 aliphatic carbocycles. The molecule has 0 radical (unpaired) electrons. The third-order valence-corrected chi connectivity index (χ3v) is 8.79. The fourth-order valence-electron chi connectivity index (χ4n) is 4.58. The van der Waals surface area contributed by atoms with Crippen molar-refractivity contribution in [1.29, 1.82) is 0 Å². The number of carbonyl (C=O) groups is 2. The number of aryl methyl sites for hydroxylation is 1. The third-order valence-electron chi connectivity index (χ3n) is 6.78. The molecule has 2 N–H and O–H groups in total. The molecule has 1 atom stereocenters. The Kier molecular flexibility index (Phi) is 8.12. The van der Waals surface area contributed by atoms with E-state index >= 15 is 0 Å². The maximum atomic E-state index is 13.6. The fourth-order valence-corrected chi connectivity index (χ4v) is 6.38. The zero-order valence-electron chi connectivity index (χ0n) is 22.8. The Morgan fingerprint density at radius 3 is 2.33 bits per heavy atom. The molecule has 0 saturated carbocycles. The van der Waals surface area contributed by atoms with Crippen LogP contribution in [0.4, 0.5) is 10.8 Å². The average molecular weight is 586 g/mol. The molecule has 1 heterocycles. The van der Waals surface area contributed by atoms with Crippen molar-refractivity contribution in [3.8, 4) is 11.3 Å². The number of fused-ring (bicyclic) bond motifs is 1. The zero-order chi connectivity index (χ0) is 28.9. The van der Waals surface area contributed by atoms with Gasteiger partial charge in [0.05, 0.1) is 5.69 Å². The van der Waals surface area contributed by atoms with Gasteiger partial charge in [0.1, 0.15) is 5.25 Å². The van der Waals surface area contributed by atoms with Crippen LogP contribution in [0, 0.1) is 6.92 Å². The van der Waals surface area contributed by atoms with Crippen LogP contribution < -0.4 is 10.6 Å². The first-order valence-corrected chi connectivity index (χ1v) is 15.2. The van der Waals surface area contributed by atoms with E-state index in [1.165, 1.54) is 28.7 Å². The highest BCUT2D eigenvalue weighted by molar-refractivity contribution is 8.00. The molecule has 0 bridgehead atoms. The predicted molar refractivity (Wildman–Crippen MR) is 174 cm³/mol. The molecule has 6 aromatic rings. The number of benzene rings is 5. The number of thiazole rings is 1. The Hall–Kier alpha value is -4.72. The van der Waals surface area contributed by atoms with Gasteiger partial charge in [0, 0.05) is 27.1 Å². The second-order valence-corrected chi connectivity index (χ2v) is 11.9. The van der Waals surface area contributed by atoms with Crippen molar-refractivity contribution < 1.29 is 9.59 Å². The number of amides is 2. The second-order valence-electron chi connectivity index (χ2n) is 9.85. The van der Waals surface area contributed by atoms with Gasteiger partial charge < -0.3 is 10.6 Å². The number of hydrogen-bond donors (Lipinski definition) is 2. The van der Waals surface area contributed by atoms with Crippen molar-refractivity contribution in [2.45, 2.75) is 17.1 Å². The van der Waals surface area contributed by atoms with Gasteiger partial charge in [-0.3, -0.25) is 9.59 Å². The van der Waals surface area contributed by atoms with Crippen molar-refractivity contribution in [1.82, 2.24) is 4.98 Å². The standard InChI is InChI=1S/C35H27N3O2S2/c1-23-14-16-25(17-15-23)31-22-41-35(37-31)38-34(40)32(26-9-3-2-4-10-26)42-30-13-7-12-29(21-30)36-33(39)28-19-18-24-8-5-6-11-27(24)20-28/h2-22,32H,1H3,(H,36,39)(H,37,38,40). The Morgan fingerprint density at radius 2 is 1.52 bits per heavy atom. The SMILES string of the molecule is Cc1ccc(-c2csc(NC(=O)C(Sc3cccc(NC(=O)c4ccc5ccccc5c4)c3)c3ccccc3)n2)cc1. The number of nitrogens with one attached hydrogen (secondary N) is 2. The molecule has 206 valence electrons. The Morgan fingerprint density at radius 1 is 0.762 bits per heavy atom. The van der Waals surface area contributed by atoms with Gasteiger partial charge in [-0.15, -0.1) is 23.1 Å². The number of aromatic nitrogens is 1. The number of hydrogen-bond acceptors (Lipinski definition) is 5. The summed E-state index contributed by atoms with van der Waals surface area (Å²) in [5, 5.41) is 10.1. The van der Waals surface area contributed by atoms with Gasteiger partial charge in [0.25, 0.3) is 5.91 Å². The van der Waals surface area contributed by atoms with E-state index in [1.54, 1.807) is 0 Å². The second kappa shape index (κ2) is 12.4. The predicted octanol–water partition coefficient (Wildman–Crippen LogP) is 9.00. The largest absolute Gasteiger partial charge is 0.322 e. The highest BCUT2D eigenvalue weighted by Gasteiger charge is 2.23. The van der Waals surface area contributed by atoms with Crippen LogP contribution in [0.1, 0.15) is 26.7 Å². The van der Waals surface area contributed by atoms with Gasteiger partial charge in [-0.25, -0.2) is 4.98 Å². The van der Waals surface area contributed by atoms with Crippen LogP contribution in [0.2, 0.25) is 0 Å². The number of carbonyl (C=O) groups excluding carboxylic acids is 2. The number of nitrogens with zero attached hydrogens (tertiary/aromatic N) is 1. The number of rotatable bonds is 8. The van der Waals surface area contributed by atoms with Crippen LogP contribution in [-0.4, -0.2) is 16.8 Å². The first kappa shape index (κ1) is 27.4. The smallest absolute Gasteiger partial charge is 0.255 e. The fraction of sp³-hybridized carbons (Fsp3) is 0.0571. The summed E-state index contributed by atoms with van der Waals surface area (Å²) in [6.45, 7) is 2.05. The van der Waals surface area contributed by atoms with Crippen molar-refractivity contribution in [2.24, 2.45) is 0 Å². The van der Waals surface area contributed by atoms with E-state index in [0.717, 1.165) is 32.5 Å². The number of anilines is 2. The first-order chi connectivity index (χ1) is 20.5. The van der Waals surface area contributed by atoms with Crippen LogP contribution in [0.15, 0.2) is 132 Å². The van der Waals surface area contributed by atoms with Gasteiger partial charge in [-0.2, -0.15) is 0 Å². The summed E-state index contributed by atoms with van der Waals surface area (Å²) >= 11 is 2.83. The highest BCUT2D eigenvalue weighted by atomic mass is 32.2. The summed E-state index contributed by atoms with van der Waals surface area (Å²) in [4.78, 5) is 32.2. The lowest BCUT2D eigenvalue weighted by Crippen LogP contribution is -2.19. The van der Waals surface area contributed by atoms with E-state index in [1.807, 2.05) is 134 Å². The van der Waals surface area contributed by atoms with Crippen molar-refractivity contribution in [3.63, 3.8) is 0 Å². The molecular weight excluding hydrogens is 559 g/mol. The van der Waals surface area contributed by atoms with Gasteiger partial charge in [0.2, 0.25) is 5.91 Å². The van der Waals surface area contributed by atoms with Crippen LogP contribution in [0.5, 0.6) is 0 Å². The lowest BCUT2D eigenvalue weighted by Gasteiger charge is -2.17. The van der Waals surface area contributed by atoms with Crippen molar-refractivity contribution in [2.75, 3.05) is 10.6 Å². The normalized spacial score (nSPS) is 11.6. The monoisotopic (exact) mass is 585 g/mol.